The Balaban J connectivity index is 2.11. The van der Waals surface area contributed by atoms with Gasteiger partial charge in [0, 0.05) is 32.5 Å². The quantitative estimate of drug-likeness (QED) is 0.445. The number of allylic oxidation sites excluding steroid dienone is 2. The first-order valence-electron chi connectivity index (χ1n) is 7.86. The predicted octanol–water partition coefficient (Wildman–Crippen LogP) is 3.54. The minimum absolute atomic E-state index is 0.178. The molecule has 12 heteroatoms. The number of nitrogens with zero attached hydrogens (tertiary/aromatic N) is 2. The van der Waals surface area contributed by atoms with Gasteiger partial charge in [-0.15, -0.1) is 0 Å². The molecule has 0 spiro atoms. The van der Waals surface area contributed by atoms with Gasteiger partial charge in [0.1, 0.15) is 5.76 Å². The van der Waals surface area contributed by atoms with Crippen molar-refractivity contribution in [1.29, 1.82) is 0 Å². The summed E-state index contributed by atoms with van der Waals surface area (Å²) in [6.07, 6.45) is 5.17. The highest BCUT2D eigenvalue weighted by molar-refractivity contribution is 7.66. The molecule has 9 nitrogen and oxygen atoms in total. The molecule has 0 fully saturated rings. The summed E-state index contributed by atoms with van der Waals surface area (Å²) in [5.41, 5.74) is -0.188. The van der Waals surface area contributed by atoms with Gasteiger partial charge in [-0.2, -0.15) is 4.98 Å². The predicted molar refractivity (Wildman–Crippen MR) is 101 cm³/mol. The average Bonchev–Trinajstić information content (AvgIpc) is 2.91. The monoisotopic (exact) mass is 422 g/mol. The summed E-state index contributed by atoms with van der Waals surface area (Å²) in [5.74, 6) is 0.736. The number of aryl methyl sites for hydroxylation is 1. The zero-order valence-corrected chi connectivity index (χ0v) is 17.5. The fourth-order valence-corrected chi connectivity index (χ4v) is 6.81. The lowest BCUT2D eigenvalue weighted by Crippen LogP contribution is -2.21. The van der Waals surface area contributed by atoms with Crippen molar-refractivity contribution >= 4 is 34.8 Å². The Bertz CT molecular complexity index is 943. The molecule has 2 unspecified atom stereocenters. The van der Waals surface area contributed by atoms with Gasteiger partial charge in [0.25, 0.3) is 0 Å². The van der Waals surface area contributed by atoms with Crippen molar-refractivity contribution in [3.05, 3.63) is 40.7 Å². The summed E-state index contributed by atoms with van der Waals surface area (Å²) < 4.78 is 51.3. The van der Waals surface area contributed by atoms with Gasteiger partial charge in [-0.3, -0.25) is 26.9 Å². The third-order valence-electron chi connectivity index (χ3n) is 3.21. The Morgan fingerprint density at radius 3 is 2.50 bits per heavy atom. The molecule has 0 N–H and O–H groups in total. The van der Waals surface area contributed by atoms with Gasteiger partial charge in [-0.1, -0.05) is 19.1 Å². The SMILES string of the molecule is CCc1cc2cn(C/C=C/CP(=O)(O[PH](C)=O)O[PH](C)=O)c(=O)nc2o1. The Kier molecular flexibility index (Phi) is 7.39. The van der Waals surface area contributed by atoms with E-state index < -0.39 is 29.3 Å². The lowest BCUT2D eigenvalue weighted by Gasteiger charge is -2.13. The molecule has 2 aromatic rings. The molecule has 0 aliphatic heterocycles. The van der Waals surface area contributed by atoms with Gasteiger partial charge in [-0.05, 0) is 6.07 Å². The van der Waals surface area contributed by atoms with Gasteiger partial charge in [0.05, 0.1) is 11.5 Å². The van der Waals surface area contributed by atoms with Crippen LogP contribution >= 0.6 is 23.7 Å². The van der Waals surface area contributed by atoms with Crippen molar-refractivity contribution in [2.24, 2.45) is 0 Å². The maximum absolute atomic E-state index is 12.4. The molecule has 2 heterocycles. The lowest BCUT2D eigenvalue weighted by atomic mass is 10.3. The molecule has 0 aliphatic rings. The van der Waals surface area contributed by atoms with Gasteiger partial charge >= 0.3 is 13.3 Å². The van der Waals surface area contributed by atoms with Crippen molar-refractivity contribution < 1.29 is 26.7 Å². The Labute approximate surface area is 151 Å². The Morgan fingerprint density at radius 1 is 1.27 bits per heavy atom. The number of aromatic nitrogens is 2. The van der Waals surface area contributed by atoms with E-state index in [0.29, 0.717) is 17.5 Å². The zero-order chi connectivity index (χ0) is 19.3. The van der Waals surface area contributed by atoms with Crippen LogP contribution in [0.4, 0.5) is 0 Å². The molecule has 0 bridgehead atoms. The molecule has 0 aliphatic carbocycles. The van der Waals surface area contributed by atoms with Crippen molar-refractivity contribution in [1.82, 2.24) is 9.55 Å². The maximum Gasteiger partial charge on any atom is 0.351 e. The first-order valence-corrected chi connectivity index (χ1v) is 13.2. The summed E-state index contributed by atoms with van der Waals surface area (Å²) in [4.78, 5) is 15.9. The Hall–Kier alpha value is -1.23. The zero-order valence-electron chi connectivity index (χ0n) is 14.6. The molecule has 0 aromatic carbocycles. The van der Waals surface area contributed by atoms with E-state index in [4.69, 9.17) is 13.0 Å². The van der Waals surface area contributed by atoms with Crippen molar-refractivity contribution in [3.63, 3.8) is 0 Å². The van der Waals surface area contributed by atoms with Gasteiger partial charge in [-0.25, -0.2) is 4.79 Å². The highest BCUT2D eigenvalue weighted by Crippen LogP contribution is 2.59. The van der Waals surface area contributed by atoms with Crippen LogP contribution < -0.4 is 5.69 Å². The van der Waals surface area contributed by atoms with Gasteiger partial charge < -0.3 is 4.42 Å². The van der Waals surface area contributed by atoms with Crippen LogP contribution in [0.5, 0.6) is 0 Å². The molecule has 2 aromatic heterocycles. The molecule has 0 amide bonds. The second kappa shape index (κ2) is 9.12. The fraction of sp³-hybridized carbons (Fsp3) is 0.429. The summed E-state index contributed by atoms with van der Waals surface area (Å²) in [6.45, 7) is 4.65. The minimum atomic E-state index is -3.74. The van der Waals surface area contributed by atoms with E-state index >= 15 is 0 Å². The van der Waals surface area contributed by atoms with Crippen LogP contribution in [0.25, 0.3) is 11.1 Å². The molecule has 0 saturated carbocycles. The van der Waals surface area contributed by atoms with E-state index in [1.165, 1.54) is 24.0 Å². The first-order chi connectivity index (χ1) is 12.2. The van der Waals surface area contributed by atoms with E-state index in [1.807, 2.05) is 13.0 Å². The summed E-state index contributed by atoms with van der Waals surface area (Å²) in [5, 5.41) is 0.710. The minimum Gasteiger partial charge on any atom is -0.443 e. The van der Waals surface area contributed by atoms with Crippen LogP contribution in [0.2, 0.25) is 0 Å². The van der Waals surface area contributed by atoms with E-state index in [1.54, 1.807) is 12.3 Å². The molecular formula is C14H21N2O7P3. The third kappa shape index (κ3) is 5.90. The van der Waals surface area contributed by atoms with Crippen LogP contribution in [0.1, 0.15) is 12.7 Å². The second-order valence-electron chi connectivity index (χ2n) is 5.43. The molecular weight excluding hydrogens is 401 g/mol. The molecule has 2 atom stereocenters. The molecule has 26 heavy (non-hydrogen) atoms. The topological polar surface area (TPSA) is 118 Å². The molecule has 0 saturated heterocycles. The van der Waals surface area contributed by atoms with E-state index in [0.717, 1.165) is 5.76 Å². The van der Waals surface area contributed by atoms with Gasteiger partial charge in [0.15, 0.2) is 16.1 Å². The van der Waals surface area contributed by atoms with Crippen LogP contribution in [-0.4, -0.2) is 29.0 Å². The molecule has 144 valence electrons. The normalized spacial score (nSPS) is 16.7. The maximum atomic E-state index is 12.4. The molecule has 2 rings (SSSR count). The van der Waals surface area contributed by atoms with Gasteiger partial charge in [0.2, 0.25) is 5.71 Å². The van der Waals surface area contributed by atoms with Crippen LogP contribution in [0.15, 0.2) is 33.6 Å². The number of hydrogen-bond acceptors (Lipinski definition) is 8. The first kappa shape index (κ1) is 21.1. The van der Waals surface area contributed by atoms with Crippen molar-refractivity contribution in [2.75, 3.05) is 19.5 Å². The molecule has 0 radical (unpaired) electrons. The number of rotatable bonds is 9. The fourth-order valence-electron chi connectivity index (χ4n) is 2.18. The van der Waals surface area contributed by atoms with Crippen LogP contribution in [0.3, 0.4) is 0 Å². The van der Waals surface area contributed by atoms with Crippen LogP contribution in [0, 0.1) is 0 Å². The lowest BCUT2D eigenvalue weighted by molar-refractivity contribution is 0.397. The summed E-state index contributed by atoms with van der Waals surface area (Å²) >= 11 is 0. The third-order valence-corrected chi connectivity index (χ3v) is 8.15. The standard InChI is InChI=1S/C14H21N2O7P3/c1-4-12-9-11-10-16(14(17)15-13(11)21-12)7-5-6-8-26(20,22-24(2)18)23-25(3)19/h5-6,9-10,24-25H,4,7-8H2,1-3H3/b6-5+. The average molecular weight is 422 g/mol. The van der Waals surface area contributed by atoms with E-state index in [-0.39, 0.29) is 12.7 Å². The highest BCUT2D eigenvalue weighted by atomic mass is 31.3. The number of furan rings is 1. The smallest absolute Gasteiger partial charge is 0.351 e. The largest absolute Gasteiger partial charge is 0.443 e. The number of fused-ring (bicyclic) bond motifs is 1. The second-order valence-corrected chi connectivity index (χ2v) is 10.4. The summed E-state index contributed by atoms with van der Waals surface area (Å²) in [6, 6.07) is 1.82. The highest BCUT2D eigenvalue weighted by Gasteiger charge is 2.26. The van der Waals surface area contributed by atoms with E-state index in [2.05, 4.69) is 4.98 Å². The summed E-state index contributed by atoms with van der Waals surface area (Å²) in [7, 11) is -8.80. The van der Waals surface area contributed by atoms with E-state index in [9.17, 15) is 18.5 Å². The van der Waals surface area contributed by atoms with Crippen molar-refractivity contribution in [2.45, 2.75) is 19.9 Å². The van der Waals surface area contributed by atoms with Crippen LogP contribution in [-0.2, 0) is 35.3 Å². The Morgan fingerprint density at radius 2 is 1.92 bits per heavy atom. The number of hydrogen-bond donors (Lipinski definition) is 0. The van der Waals surface area contributed by atoms with Crippen molar-refractivity contribution in [3.8, 4) is 0 Å².